The van der Waals surface area contributed by atoms with Gasteiger partial charge in [-0.25, -0.2) is 0 Å². The van der Waals surface area contributed by atoms with E-state index in [1.807, 2.05) is 12.1 Å². The molecule has 0 unspecified atom stereocenters. The van der Waals surface area contributed by atoms with Gasteiger partial charge in [0.15, 0.2) is 0 Å². The van der Waals surface area contributed by atoms with Crippen molar-refractivity contribution in [1.29, 1.82) is 0 Å². The Hall–Kier alpha value is -1.74. The summed E-state index contributed by atoms with van der Waals surface area (Å²) in [5, 5.41) is 8.51. The van der Waals surface area contributed by atoms with Crippen LogP contribution in [-0.4, -0.2) is 16.7 Å². The van der Waals surface area contributed by atoms with E-state index in [1.165, 1.54) is 5.56 Å². The molecule has 1 aromatic carbocycles. The largest absolute Gasteiger partial charge is 0.330 e. The van der Waals surface area contributed by atoms with E-state index in [2.05, 4.69) is 48.3 Å². The van der Waals surface area contributed by atoms with Gasteiger partial charge in [-0.2, -0.15) is 10.2 Å². The van der Waals surface area contributed by atoms with E-state index in [0.29, 0.717) is 12.5 Å². The van der Waals surface area contributed by atoms with Gasteiger partial charge in [0, 0.05) is 5.56 Å². The number of nitrogens with zero attached hydrogens (tertiary/aromatic N) is 2. The number of aromatic nitrogens is 2. The first-order valence-electron chi connectivity index (χ1n) is 6.33. The Labute approximate surface area is 108 Å². The third-order valence-corrected chi connectivity index (χ3v) is 2.96. The normalized spacial score (nSPS) is 10.9. The van der Waals surface area contributed by atoms with Crippen LogP contribution in [0.4, 0.5) is 0 Å². The predicted octanol–water partition coefficient (Wildman–Crippen LogP) is 2.77. The van der Waals surface area contributed by atoms with Crippen molar-refractivity contribution in [3.05, 3.63) is 47.7 Å². The highest BCUT2D eigenvalue weighted by Crippen LogP contribution is 2.18. The van der Waals surface area contributed by atoms with Gasteiger partial charge in [0.25, 0.3) is 0 Å². The van der Waals surface area contributed by atoms with Gasteiger partial charge in [-0.05, 0) is 36.6 Å². The number of hydrogen-bond donors (Lipinski definition) is 1. The van der Waals surface area contributed by atoms with Gasteiger partial charge in [-0.3, -0.25) is 0 Å². The van der Waals surface area contributed by atoms with Gasteiger partial charge < -0.3 is 5.73 Å². The fourth-order valence-electron chi connectivity index (χ4n) is 1.81. The van der Waals surface area contributed by atoms with E-state index in [9.17, 15) is 0 Å². The first kappa shape index (κ1) is 12.7. The molecule has 94 valence electrons. The summed E-state index contributed by atoms with van der Waals surface area (Å²) in [7, 11) is 0. The fraction of sp³-hybridized carbons (Fsp3) is 0.333. The van der Waals surface area contributed by atoms with Gasteiger partial charge in [0.2, 0.25) is 0 Å². The number of benzene rings is 1. The summed E-state index contributed by atoms with van der Waals surface area (Å²) in [5.74, 6) is 0.415. The van der Waals surface area contributed by atoms with Crippen molar-refractivity contribution < 1.29 is 0 Å². The summed E-state index contributed by atoms with van der Waals surface area (Å²) in [5.41, 5.74) is 9.83. The number of hydrogen-bond acceptors (Lipinski definition) is 3. The molecule has 1 aromatic heterocycles. The Bertz CT molecular complexity index is 486. The van der Waals surface area contributed by atoms with Crippen molar-refractivity contribution in [2.75, 3.05) is 6.54 Å². The maximum atomic E-state index is 5.53. The molecule has 0 saturated carbocycles. The molecule has 3 nitrogen and oxygen atoms in total. The van der Waals surface area contributed by atoms with Crippen molar-refractivity contribution in [3.63, 3.8) is 0 Å². The van der Waals surface area contributed by atoms with Crippen molar-refractivity contribution in [3.8, 4) is 11.3 Å². The lowest BCUT2D eigenvalue weighted by atomic mass is 10.1. The molecule has 0 aliphatic rings. The van der Waals surface area contributed by atoms with Gasteiger partial charge in [0.05, 0.1) is 11.4 Å². The van der Waals surface area contributed by atoms with Crippen LogP contribution in [0.3, 0.4) is 0 Å². The molecule has 0 saturated heterocycles. The van der Waals surface area contributed by atoms with Crippen molar-refractivity contribution in [2.45, 2.75) is 26.2 Å². The monoisotopic (exact) mass is 241 g/mol. The van der Waals surface area contributed by atoms with E-state index in [-0.39, 0.29) is 0 Å². The summed E-state index contributed by atoms with van der Waals surface area (Å²) >= 11 is 0. The number of rotatable bonds is 4. The topological polar surface area (TPSA) is 51.8 Å². The average Bonchev–Trinajstić information content (AvgIpc) is 2.40. The molecule has 0 bridgehead atoms. The molecule has 0 atom stereocenters. The summed E-state index contributed by atoms with van der Waals surface area (Å²) in [6.07, 6.45) is 0.915. The molecule has 1 heterocycles. The first-order valence-corrected chi connectivity index (χ1v) is 6.33. The van der Waals surface area contributed by atoms with E-state index >= 15 is 0 Å². The van der Waals surface area contributed by atoms with Crippen LogP contribution in [0, 0.1) is 0 Å². The van der Waals surface area contributed by atoms with Crippen LogP contribution in [0.2, 0.25) is 0 Å². The van der Waals surface area contributed by atoms with Gasteiger partial charge in [0.1, 0.15) is 0 Å². The second-order valence-electron chi connectivity index (χ2n) is 4.73. The highest BCUT2D eigenvalue weighted by molar-refractivity contribution is 5.58. The van der Waals surface area contributed by atoms with E-state index in [0.717, 1.165) is 23.4 Å². The quantitative estimate of drug-likeness (QED) is 0.895. The lowest BCUT2D eigenvalue weighted by molar-refractivity contribution is 0.787. The Morgan fingerprint density at radius 2 is 1.72 bits per heavy atom. The maximum Gasteiger partial charge on any atom is 0.0929 e. The van der Waals surface area contributed by atoms with Crippen LogP contribution < -0.4 is 5.73 Å². The average molecular weight is 241 g/mol. The SMILES string of the molecule is CC(C)c1ccc(-c2ccc(CCN)cc2)nn1. The molecule has 0 fully saturated rings. The van der Waals surface area contributed by atoms with E-state index in [1.54, 1.807) is 0 Å². The van der Waals surface area contributed by atoms with Crippen LogP contribution >= 0.6 is 0 Å². The Morgan fingerprint density at radius 1 is 1.00 bits per heavy atom. The summed E-state index contributed by atoms with van der Waals surface area (Å²) in [6.45, 7) is 4.92. The Kier molecular flexibility index (Phi) is 4.05. The summed E-state index contributed by atoms with van der Waals surface area (Å²) < 4.78 is 0. The summed E-state index contributed by atoms with van der Waals surface area (Å²) in [4.78, 5) is 0. The summed E-state index contributed by atoms with van der Waals surface area (Å²) in [6, 6.07) is 12.4. The highest BCUT2D eigenvalue weighted by Gasteiger charge is 2.04. The molecule has 0 spiro atoms. The fourth-order valence-corrected chi connectivity index (χ4v) is 1.81. The molecule has 2 rings (SSSR count). The Morgan fingerprint density at radius 3 is 2.22 bits per heavy atom. The standard InChI is InChI=1S/C15H19N3/c1-11(2)14-7-8-15(18-17-14)13-5-3-12(4-6-13)9-10-16/h3-8,11H,9-10,16H2,1-2H3. The van der Waals surface area contributed by atoms with Gasteiger partial charge in [-0.15, -0.1) is 0 Å². The van der Waals surface area contributed by atoms with Crippen LogP contribution in [-0.2, 0) is 6.42 Å². The second kappa shape index (κ2) is 5.74. The van der Waals surface area contributed by atoms with Crippen LogP contribution in [0.15, 0.2) is 36.4 Å². The third-order valence-electron chi connectivity index (χ3n) is 2.96. The minimum atomic E-state index is 0.415. The molecule has 0 amide bonds. The molecule has 0 aliphatic carbocycles. The minimum Gasteiger partial charge on any atom is -0.330 e. The molecular formula is C15H19N3. The third kappa shape index (κ3) is 2.93. The maximum absolute atomic E-state index is 5.53. The van der Waals surface area contributed by atoms with Gasteiger partial charge >= 0.3 is 0 Å². The Balaban J connectivity index is 2.20. The van der Waals surface area contributed by atoms with E-state index in [4.69, 9.17) is 5.73 Å². The molecule has 2 aromatic rings. The van der Waals surface area contributed by atoms with Crippen LogP contribution in [0.1, 0.15) is 31.0 Å². The first-order chi connectivity index (χ1) is 8.70. The van der Waals surface area contributed by atoms with Gasteiger partial charge in [-0.1, -0.05) is 38.1 Å². The lowest BCUT2D eigenvalue weighted by Crippen LogP contribution is -2.02. The molecule has 3 heteroatoms. The minimum absolute atomic E-state index is 0.415. The smallest absolute Gasteiger partial charge is 0.0929 e. The van der Waals surface area contributed by atoms with Crippen LogP contribution in [0.25, 0.3) is 11.3 Å². The molecular weight excluding hydrogens is 222 g/mol. The predicted molar refractivity (Wildman–Crippen MR) is 74.3 cm³/mol. The van der Waals surface area contributed by atoms with E-state index < -0.39 is 0 Å². The highest BCUT2D eigenvalue weighted by atomic mass is 15.1. The molecule has 0 aliphatic heterocycles. The molecule has 18 heavy (non-hydrogen) atoms. The second-order valence-corrected chi connectivity index (χ2v) is 4.73. The van der Waals surface area contributed by atoms with Crippen LogP contribution in [0.5, 0.6) is 0 Å². The van der Waals surface area contributed by atoms with Crippen molar-refractivity contribution >= 4 is 0 Å². The van der Waals surface area contributed by atoms with Crippen molar-refractivity contribution in [2.24, 2.45) is 5.73 Å². The zero-order chi connectivity index (χ0) is 13.0. The zero-order valence-corrected chi connectivity index (χ0v) is 10.9. The number of nitrogens with two attached hydrogens (primary N) is 1. The molecule has 0 radical (unpaired) electrons. The van der Waals surface area contributed by atoms with Crippen molar-refractivity contribution in [1.82, 2.24) is 10.2 Å². The lowest BCUT2D eigenvalue weighted by Gasteiger charge is -2.05. The molecule has 2 N–H and O–H groups in total. The zero-order valence-electron chi connectivity index (χ0n) is 10.9.